The average molecular weight is 401 g/mol. The Hall–Kier alpha value is -2.53. The van der Waals surface area contributed by atoms with Gasteiger partial charge in [-0.2, -0.15) is 0 Å². The molecule has 0 bridgehead atoms. The van der Waals surface area contributed by atoms with E-state index in [0.29, 0.717) is 36.0 Å². The summed E-state index contributed by atoms with van der Waals surface area (Å²) in [5, 5.41) is 0.677. The maximum Gasteiger partial charge on any atom is 0.253 e. The summed E-state index contributed by atoms with van der Waals surface area (Å²) in [6.07, 6.45) is 1.76. The van der Waals surface area contributed by atoms with Crippen LogP contribution < -0.4 is 10.5 Å². The van der Waals surface area contributed by atoms with E-state index in [1.807, 2.05) is 37.3 Å². The fourth-order valence-electron chi connectivity index (χ4n) is 3.77. The molecule has 148 valence electrons. The molecule has 5 nitrogen and oxygen atoms in total. The van der Waals surface area contributed by atoms with E-state index in [-0.39, 0.29) is 18.2 Å². The highest BCUT2D eigenvalue weighted by atomic mass is 35.5. The number of hydrogen-bond donors (Lipinski definition) is 1. The first kappa shape index (κ1) is 20.2. The van der Waals surface area contributed by atoms with Gasteiger partial charge in [-0.1, -0.05) is 29.8 Å². The van der Waals surface area contributed by atoms with E-state index in [1.54, 1.807) is 23.1 Å². The molecule has 0 radical (unpaired) electrons. The number of hydrogen-bond acceptors (Lipinski definition) is 3. The van der Waals surface area contributed by atoms with E-state index < -0.39 is 5.41 Å². The normalized spacial score (nSPS) is 19.3. The molecule has 2 aromatic rings. The average Bonchev–Trinajstić information content (AvgIpc) is 2.69. The Morgan fingerprint density at radius 3 is 2.64 bits per heavy atom. The van der Waals surface area contributed by atoms with Gasteiger partial charge in [0.15, 0.2) is 0 Å². The first-order valence-corrected chi connectivity index (χ1v) is 9.78. The van der Waals surface area contributed by atoms with E-state index in [9.17, 15) is 9.59 Å². The van der Waals surface area contributed by atoms with Gasteiger partial charge in [0.05, 0.1) is 6.61 Å². The zero-order chi connectivity index (χ0) is 20.1. The standard InChI is InChI=1S/C22H25ClN2O3/c1-16-12-18(8-9-19(16)23)28-15-22(13-20(24)26)10-5-11-25(14-22)21(27)17-6-3-2-4-7-17/h2-4,6-9,12H,5,10-11,13-15H2,1H3,(H2,24,26)/t22-/m0/s1. The molecule has 2 amide bonds. The number of nitrogens with zero attached hydrogens (tertiary/aromatic N) is 1. The van der Waals surface area contributed by atoms with Gasteiger partial charge >= 0.3 is 0 Å². The van der Waals surface area contributed by atoms with Crippen LogP contribution in [0.3, 0.4) is 0 Å². The Morgan fingerprint density at radius 1 is 1.21 bits per heavy atom. The third kappa shape index (κ3) is 4.84. The van der Waals surface area contributed by atoms with Crippen molar-refractivity contribution in [2.75, 3.05) is 19.7 Å². The van der Waals surface area contributed by atoms with Gasteiger partial charge in [0.25, 0.3) is 5.91 Å². The number of aryl methyl sites for hydroxylation is 1. The highest BCUT2D eigenvalue weighted by Gasteiger charge is 2.39. The summed E-state index contributed by atoms with van der Waals surface area (Å²) in [4.78, 5) is 26.5. The molecular weight excluding hydrogens is 376 g/mol. The third-order valence-electron chi connectivity index (χ3n) is 5.19. The summed E-state index contributed by atoms with van der Waals surface area (Å²) in [6.45, 7) is 3.33. The number of rotatable bonds is 6. The van der Waals surface area contributed by atoms with Crippen molar-refractivity contribution < 1.29 is 14.3 Å². The first-order chi connectivity index (χ1) is 13.4. The lowest BCUT2D eigenvalue weighted by Crippen LogP contribution is -2.50. The molecule has 3 rings (SSSR count). The zero-order valence-corrected chi connectivity index (χ0v) is 16.7. The topological polar surface area (TPSA) is 72.6 Å². The Balaban J connectivity index is 1.76. The van der Waals surface area contributed by atoms with Crippen LogP contribution in [-0.2, 0) is 4.79 Å². The van der Waals surface area contributed by atoms with Crippen LogP contribution in [0, 0.1) is 12.3 Å². The number of carbonyl (C=O) groups is 2. The fraction of sp³-hybridized carbons (Fsp3) is 0.364. The minimum atomic E-state index is -0.498. The van der Waals surface area contributed by atoms with E-state index in [2.05, 4.69) is 0 Å². The van der Waals surface area contributed by atoms with Gasteiger partial charge in [-0.05, 0) is 55.7 Å². The molecule has 0 saturated carbocycles. The lowest BCUT2D eigenvalue weighted by atomic mass is 9.77. The molecule has 28 heavy (non-hydrogen) atoms. The Kier molecular flexibility index (Phi) is 6.25. The number of likely N-dealkylation sites (tertiary alicyclic amines) is 1. The van der Waals surface area contributed by atoms with Crippen molar-refractivity contribution in [3.05, 3.63) is 64.7 Å². The Labute approximate surface area is 170 Å². The van der Waals surface area contributed by atoms with Crippen LogP contribution in [0.4, 0.5) is 0 Å². The van der Waals surface area contributed by atoms with Crippen LogP contribution in [0.15, 0.2) is 48.5 Å². The molecule has 2 aromatic carbocycles. The summed E-state index contributed by atoms with van der Waals surface area (Å²) in [6, 6.07) is 14.7. The number of benzene rings is 2. The highest BCUT2D eigenvalue weighted by molar-refractivity contribution is 6.31. The maximum absolute atomic E-state index is 12.9. The summed E-state index contributed by atoms with van der Waals surface area (Å²) in [5.41, 5.74) is 6.61. The third-order valence-corrected chi connectivity index (χ3v) is 5.62. The van der Waals surface area contributed by atoms with Crippen LogP contribution in [0.5, 0.6) is 5.75 Å². The number of ether oxygens (including phenoxy) is 1. The van der Waals surface area contributed by atoms with Gasteiger partial charge in [0, 0.05) is 35.5 Å². The van der Waals surface area contributed by atoms with E-state index in [4.69, 9.17) is 22.1 Å². The van der Waals surface area contributed by atoms with Crippen molar-refractivity contribution in [2.45, 2.75) is 26.2 Å². The van der Waals surface area contributed by atoms with Crippen LogP contribution in [0.1, 0.15) is 35.2 Å². The maximum atomic E-state index is 12.9. The van der Waals surface area contributed by atoms with Crippen LogP contribution in [-0.4, -0.2) is 36.4 Å². The Morgan fingerprint density at radius 2 is 1.96 bits per heavy atom. The van der Waals surface area contributed by atoms with Crippen molar-refractivity contribution in [2.24, 2.45) is 11.1 Å². The summed E-state index contributed by atoms with van der Waals surface area (Å²) in [7, 11) is 0. The van der Waals surface area contributed by atoms with Gasteiger partial charge < -0.3 is 15.4 Å². The zero-order valence-electron chi connectivity index (χ0n) is 16.0. The molecule has 1 aliphatic rings. The van der Waals surface area contributed by atoms with Crippen molar-refractivity contribution >= 4 is 23.4 Å². The molecule has 0 aliphatic carbocycles. The molecule has 2 N–H and O–H groups in total. The highest BCUT2D eigenvalue weighted by Crippen LogP contribution is 2.35. The van der Waals surface area contributed by atoms with Gasteiger partial charge in [0.2, 0.25) is 5.91 Å². The van der Waals surface area contributed by atoms with Gasteiger partial charge in [0.1, 0.15) is 5.75 Å². The summed E-state index contributed by atoms with van der Waals surface area (Å²) >= 11 is 6.08. The largest absolute Gasteiger partial charge is 0.493 e. The second-order valence-corrected chi connectivity index (χ2v) is 7.95. The monoisotopic (exact) mass is 400 g/mol. The number of amides is 2. The number of halogens is 1. The molecule has 0 spiro atoms. The van der Waals surface area contributed by atoms with E-state index >= 15 is 0 Å². The van der Waals surface area contributed by atoms with E-state index in [0.717, 1.165) is 18.4 Å². The van der Waals surface area contributed by atoms with Crippen molar-refractivity contribution in [3.63, 3.8) is 0 Å². The number of nitrogens with two attached hydrogens (primary N) is 1. The lowest BCUT2D eigenvalue weighted by molar-refractivity contribution is -0.122. The Bertz CT molecular complexity index is 856. The second kappa shape index (κ2) is 8.65. The molecule has 1 aliphatic heterocycles. The molecule has 1 atom stereocenters. The summed E-state index contributed by atoms with van der Waals surface area (Å²) < 4.78 is 6.01. The molecule has 1 heterocycles. The smallest absolute Gasteiger partial charge is 0.253 e. The molecule has 6 heteroatoms. The predicted octanol–water partition coefficient (Wildman–Crippen LogP) is 3.83. The van der Waals surface area contributed by atoms with Gasteiger partial charge in [-0.15, -0.1) is 0 Å². The van der Waals surface area contributed by atoms with Crippen LogP contribution in [0.25, 0.3) is 0 Å². The van der Waals surface area contributed by atoms with Crippen LogP contribution >= 0.6 is 11.6 Å². The number of primary amides is 1. The predicted molar refractivity (Wildman–Crippen MR) is 110 cm³/mol. The molecule has 0 aromatic heterocycles. The fourth-order valence-corrected chi connectivity index (χ4v) is 3.89. The molecule has 1 saturated heterocycles. The van der Waals surface area contributed by atoms with Crippen molar-refractivity contribution in [1.29, 1.82) is 0 Å². The molecular formula is C22H25ClN2O3. The van der Waals surface area contributed by atoms with Gasteiger partial charge in [-0.3, -0.25) is 9.59 Å². The molecule has 1 fully saturated rings. The quantitative estimate of drug-likeness (QED) is 0.800. The lowest BCUT2D eigenvalue weighted by Gasteiger charge is -2.42. The number of carbonyl (C=O) groups excluding carboxylic acids is 2. The SMILES string of the molecule is Cc1cc(OC[C@]2(CC(N)=O)CCCN(C(=O)c3ccccc3)C2)ccc1Cl. The summed E-state index contributed by atoms with van der Waals surface area (Å²) in [5.74, 6) is 0.277. The first-order valence-electron chi connectivity index (χ1n) is 9.40. The number of piperidine rings is 1. The molecule has 0 unspecified atom stereocenters. The van der Waals surface area contributed by atoms with Crippen molar-refractivity contribution in [1.82, 2.24) is 4.90 Å². The minimum absolute atomic E-state index is 0.0310. The minimum Gasteiger partial charge on any atom is -0.493 e. The van der Waals surface area contributed by atoms with E-state index in [1.165, 1.54) is 0 Å². The van der Waals surface area contributed by atoms with Gasteiger partial charge in [-0.25, -0.2) is 0 Å². The van der Waals surface area contributed by atoms with Crippen LogP contribution in [0.2, 0.25) is 5.02 Å². The second-order valence-electron chi connectivity index (χ2n) is 7.54. The van der Waals surface area contributed by atoms with Crippen molar-refractivity contribution in [3.8, 4) is 5.75 Å².